The van der Waals surface area contributed by atoms with Crippen molar-refractivity contribution >= 4 is 0 Å². The van der Waals surface area contributed by atoms with Gasteiger partial charge in [0.1, 0.15) is 0 Å². The molecule has 0 aromatic heterocycles. The van der Waals surface area contributed by atoms with Crippen LogP contribution >= 0.6 is 0 Å². The molecule has 1 unspecified atom stereocenters. The van der Waals surface area contributed by atoms with Gasteiger partial charge in [0, 0.05) is 0 Å². The van der Waals surface area contributed by atoms with Crippen LogP contribution in [0.5, 0.6) is 0 Å². The van der Waals surface area contributed by atoms with Crippen LogP contribution in [0, 0.1) is 13.8 Å². The van der Waals surface area contributed by atoms with E-state index in [0.29, 0.717) is 0 Å². The number of alkyl halides is 3. The van der Waals surface area contributed by atoms with Crippen LogP contribution in [0.25, 0.3) is 0 Å². The van der Waals surface area contributed by atoms with Gasteiger partial charge >= 0.3 is 6.18 Å². The smallest absolute Gasteiger partial charge is 0.391 e. The second-order valence-electron chi connectivity index (χ2n) is 4.05. The normalized spacial score (nSPS) is 13.9. The van der Waals surface area contributed by atoms with Gasteiger partial charge in [-0.15, -0.1) is 0 Å². The van der Waals surface area contributed by atoms with Crippen LogP contribution in [0.1, 0.15) is 23.1 Å². The summed E-state index contributed by atoms with van der Waals surface area (Å²) < 4.78 is 36.1. The topological polar surface area (TPSA) is 20.2 Å². The van der Waals surface area contributed by atoms with Crippen LogP contribution in [-0.2, 0) is 6.42 Å². The van der Waals surface area contributed by atoms with E-state index < -0.39 is 18.7 Å². The zero-order valence-corrected chi connectivity index (χ0v) is 9.30. The minimum Gasteiger partial charge on any atom is -0.392 e. The average molecular weight is 232 g/mol. The predicted molar refractivity (Wildman–Crippen MR) is 56.3 cm³/mol. The number of aliphatic hydroxyl groups is 1. The molecule has 1 N–H and O–H groups in total. The van der Waals surface area contributed by atoms with Gasteiger partial charge in [0.25, 0.3) is 0 Å². The largest absolute Gasteiger partial charge is 0.392 e. The standard InChI is InChI=1S/C12H15F3O/c1-8-4-3-5-9(2)11(8)6-10(16)7-12(13,14)15/h3-5,10,16H,6-7H2,1-2H3. The lowest BCUT2D eigenvalue weighted by Gasteiger charge is -2.16. The SMILES string of the molecule is Cc1cccc(C)c1CC(O)CC(F)(F)F. The first-order valence-electron chi connectivity index (χ1n) is 5.09. The molecular formula is C12H15F3O. The summed E-state index contributed by atoms with van der Waals surface area (Å²) in [6.45, 7) is 3.67. The molecule has 1 nitrogen and oxygen atoms in total. The molecule has 0 aliphatic heterocycles. The number of aryl methyl sites for hydroxylation is 2. The number of rotatable bonds is 3. The van der Waals surface area contributed by atoms with Crippen LogP contribution < -0.4 is 0 Å². The maximum atomic E-state index is 12.0. The molecule has 90 valence electrons. The summed E-state index contributed by atoms with van der Waals surface area (Å²) in [6.07, 6.45) is -6.77. The minimum absolute atomic E-state index is 0.0536. The molecule has 0 spiro atoms. The highest BCUT2D eigenvalue weighted by Crippen LogP contribution is 2.24. The first-order chi connectivity index (χ1) is 7.29. The van der Waals surface area contributed by atoms with Crippen molar-refractivity contribution < 1.29 is 18.3 Å². The summed E-state index contributed by atoms with van der Waals surface area (Å²) in [5, 5.41) is 9.37. The zero-order chi connectivity index (χ0) is 12.3. The van der Waals surface area contributed by atoms with Gasteiger partial charge in [-0.2, -0.15) is 13.2 Å². The van der Waals surface area contributed by atoms with Gasteiger partial charge in [-0.3, -0.25) is 0 Å². The van der Waals surface area contributed by atoms with E-state index in [4.69, 9.17) is 0 Å². The molecule has 4 heteroatoms. The van der Waals surface area contributed by atoms with E-state index in [9.17, 15) is 18.3 Å². The Bertz CT molecular complexity index is 338. The lowest BCUT2D eigenvalue weighted by Crippen LogP contribution is -2.21. The molecule has 0 fully saturated rings. The summed E-state index contributed by atoms with van der Waals surface area (Å²) >= 11 is 0. The molecule has 0 heterocycles. The average Bonchev–Trinajstić information content (AvgIpc) is 2.08. The third kappa shape index (κ3) is 3.85. The summed E-state index contributed by atoms with van der Waals surface area (Å²) in [5.74, 6) is 0. The highest BCUT2D eigenvalue weighted by Gasteiger charge is 2.31. The van der Waals surface area contributed by atoms with Crippen molar-refractivity contribution in [2.24, 2.45) is 0 Å². The first-order valence-corrected chi connectivity index (χ1v) is 5.09. The molecule has 1 rings (SSSR count). The Morgan fingerprint density at radius 1 is 1.19 bits per heavy atom. The third-order valence-corrected chi connectivity index (χ3v) is 2.55. The molecular weight excluding hydrogens is 217 g/mol. The Balaban J connectivity index is 2.73. The van der Waals surface area contributed by atoms with Crippen LogP contribution in [0.2, 0.25) is 0 Å². The van der Waals surface area contributed by atoms with Crippen molar-refractivity contribution in [1.82, 2.24) is 0 Å². The van der Waals surface area contributed by atoms with Gasteiger partial charge in [-0.25, -0.2) is 0 Å². The Hall–Kier alpha value is -1.03. The van der Waals surface area contributed by atoms with Crippen molar-refractivity contribution in [3.05, 3.63) is 34.9 Å². The molecule has 0 saturated carbocycles. The van der Waals surface area contributed by atoms with Gasteiger partial charge in [-0.05, 0) is 37.0 Å². The summed E-state index contributed by atoms with van der Waals surface area (Å²) in [6, 6.07) is 5.52. The van der Waals surface area contributed by atoms with Crippen molar-refractivity contribution in [3.63, 3.8) is 0 Å². The maximum absolute atomic E-state index is 12.0. The Labute approximate surface area is 92.9 Å². The van der Waals surface area contributed by atoms with Crippen molar-refractivity contribution in [3.8, 4) is 0 Å². The predicted octanol–water partition coefficient (Wildman–Crippen LogP) is 3.16. The molecule has 0 saturated heterocycles. The molecule has 0 radical (unpaired) electrons. The summed E-state index contributed by atoms with van der Waals surface area (Å²) in [7, 11) is 0. The second-order valence-corrected chi connectivity index (χ2v) is 4.05. The lowest BCUT2D eigenvalue weighted by molar-refractivity contribution is -0.153. The number of hydrogen-bond acceptors (Lipinski definition) is 1. The molecule has 0 bridgehead atoms. The van der Waals surface area contributed by atoms with E-state index in [1.54, 1.807) is 0 Å². The number of hydrogen-bond donors (Lipinski definition) is 1. The highest BCUT2D eigenvalue weighted by molar-refractivity contribution is 5.33. The van der Waals surface area contributed by atoms with E-state index in [1.807, 2.05) is 32.0 Å². The third-order valence-electron chi connectivity index (χ3n) is 2.55. The van der Waals surface area contributed by atoms with Crippen LogP contribution in [0.3, 0.4) is 0 Å². The molecule has 1 aromatic rings. The number of aliphatic hydroxyl groups excluding tert-OH is 1. The molecule has 1 atom stereocenters. The first kappa shape index (κ1) is 13.0. The van der Waals surface area contributed by atoms with E-state index in [0.717, 1.165) is 16.7 Å². The van der Waals surface area contributed by atoms with Crippen molar-refractivity contribution in [2.75, 3.05) is 0 Å². The van der Waals surface area contributed by atoms with E-state index in [2.05, 4.69) is 0 Å². The van der Waals surface area contributed by atoms with E-state index >= 15 is 0 Å². The number of benzene rings is 1. The Morgan fingerprint density at radius 2 is 1.69 bits per heavy atom. The van der Waals surface area contributed by atoms with Crippen molar-refractivity contribution in [1.29, 1.82) is 0 Å². The summed E-state index contributed by atoms with van der Waals surface area (Å²) in [4.78, 5) is 0. The fraction of sp³-hybridized carbons (Fsp3) is 0.500. The highest BCUT2D eigenvalue weighted by atomic mass is 19.4. The lowest BCUT2D eigenvalue weighted by atomic mass is 9.96. The van der Waals surface area contributed by atoms with Gasteiger partial charge < -0.3 is 5.11 Å². The van der Waals surface area contributed by atoms with E-state index in [-0.39, 0.29) is 6.42 Å². The van der Waals surface area contributed by atoms with Gasteiger partial charge in [0.2, 0.25) is 0 Å². The van der Waals surface area contributed by atoms with Crippen molar-refractivity contribution in [2.45, 2.75) is 39.0 Å². The molecule has 0 aliphatic rings. The molecule has 0 aliphatic carbocycles. The van der Waals surface area contributed by atoms with Gasteiger partial charge in [0.15, 0.2) is 0 Å². The van der Waals surface area contributed by atoms with Crippen LogP contribution in [0.15, 0.2) is 18.2 Å². The molecule has 16 heavy (non-hydrogen) atoms. The van der Waals surface area contributed by atoms with E-state index in [1.165, 1.54) is 0 Å². The fourth-order valence-electron chi connectivity index (χ4n) is 1.75. The van der Waals surface area contributed by atoms with Gasteiger partial charge in [-0.1, -0.05) is 18.2 Å². The number of halogens is 3. The quantitative estimate of drug-likeness (QED) is 0.848. The second kappa shape index (κ2) is 4.87. The fourth-order valence-corrected chi connectivity index (χ4v) is 1.75. The molecule has 1 aromatic carbocycles. The Kier molecular flexibility index (Phi) is 3.97. The monoisotopic (exact) mass is 232 g/mol. The maximum Gasteiger partial charge on any atom is 0.391 e. The summed E-state index contributed by atoms with van der Waals surface area (Å²) in [5.41, 5.74) is 2.64. The minimum atomic E-state index is -4.31. The van der Waals surface area contributed by atoms with Gasteiger partial charge in [0.05, 0.1) is 12.5 Å². The molecule has 0 amide bonds. The van der Waals surface area contributed by atoms with Crippen LogP contribution in [0.4, 0.5) is 13.2 Å². The zero-order valence-electron chi connectivity index (χ0n) is 9.30. The Morgan fingerprint density at radius 3 is 2.12 bits per heavy atom. The van der Waals surface area contributed by atoms with Crippen LogP contribution in [-0.4, -0.2) is 17.4 Å².